The van der Waals surface area contributed by atoms with Gasteiger partial charge in [0.1, 0.15) is 0 Å². The van der Waals surface area contributed by atoms with Gasteiger partial charge in [-0.05, 0) is 25.1 Å². The zero-order chi connectivity index (χ0) is 19.0. The number of esters is 1. The average Bonchev–Trinajstić information content (AvgIpc) is 2.66. The van der Waals surface area contributed by atoms with Crippen LogP contribution in [0.3, 0.4) is 0 Å². The second kappa shape index (κ2) is 8.92. The van der Waals surface area contributed by atoms with Crippen LogP contribution in [0, 0.1) is 0 Å². The van der Waals surface area contributed by atoms with Crippen LogP contribution in [-0.4, -0.2) is 26.8 Å². The molecule has 0 bridgehead atoms. The molecule has 0 heterocycles. The molecule has 0 saturated heterocycles. The van der Waals surface area contributed by atoms with Crippen molar-refractivity contribution in [2.45, 2.75) is 11.8 Å². The van der Waals surface area contributed by atoms with Crippen LogP contribution in [0.15, 0.2) is 88.7 Å². The lowest BCUT2D eigenvalue weighted by molar-refractivity contribution is -0.137. The third-order valence-corrected chi connectivity index (χ3v) is 5.13. The van der Waals surface area contributed by atoms with Gasteiger partial charge in [0.05, 0.1) is 16.4 Å². The predicted octanol–water partition coefficient (Wildman–Crippen LogP) is 3.35. The third-order valence-electron chi connectivity index (χ3n) is 3.37. The number of carbonyl (C=O) groups excluding carboxylic acids is 2. The number of carbonyl (C=O) groups is 2. The Morgan fingerprint density at radius 3 is 2.08 bits per heavy atom. The zero-order valence-corrected chi connectivity index (χ0v) is 15.0. The fourth-order valence-electron chi connectivity index (χ4n) is 2.11. The molecule has 26 heavy (non-hydrogen) atoms. The van der Waals surface area contributed by atoms with Crippen LogP contribution in [0.1, 0.15) is 17.3 Å². The largest absolute Gasteiger partial charge is 0.463 e. The highest BCUT2D eigenvalue weighted by Gasteiger charge is 2.20. The molecule has 134 valence electrons. The lowest BCUT2D eigenvalue weighted by atomic mass is 10.1. The highest BCUT2D eigenvalue weighted by atomic mass is 32.2. The molecule has 0 unspecified atom stereocenters. The number of hydrogen-bond acceptors (Lipinski definition) is 5. The summed E-state index contributed by atoms with van der Waals surface area (Å²) in [4.78, 5) is 23.7. The molecule has 0 spiro atoms. The van der Waals surface area contributed by atoms with E-state index in [1.54, 1.807) is 55.5 Å². The van der Waals surface area contributed by atoms with E-state index in [-0.39, 0.29) is 16.4 Å². The smallest absolute Gasteiger partial charge is 0.330 e. The third kappa shape index (κ3) is 5.00. The van der Waals surface area contributed by atoms with Crippen molar-refractivity contribution in [3.8, 4) is 0 Å². The standard InChI is InChI=1S/C20H18O5S/c1-2-25-20(22)14-13-18(15-19(21)16-9-5-3-6-10-16)26(23,24)17-11-7-4-8-12-17/h3-15H,2H2,1H3/b14-13+,18-15+. The summed E-state index contributed by atoms with van der Waals surface area (Å²) in [5, 5.41) is 0. The zero-order valence-electron chi connectivity index (χ0n) is 14.2. The molecule has 6 heteroatoms. The summed E-state index contributed by atoms with van der Waals surface area (Å²) < 4.78 is 30.5. The van der Waals surface area contributed by atoms with E-state index in [0.717, 1.165) is 18.2 Å². The average molecular weight is 370 g/mol. The number of ketones is 1. The van der Waals surface area contributed by atoms with E-state index in [1.807, 2.05) is 0 Å². The summed E-state index contributed by atoms with van der Waals surface area (Å²) in [5.41, 5.74) is 0.345. The number of hydrogen-bond donors (Lipinski definition) is 0. The molecule has 0 amide bonds. The highest BCUT2D eigenvalue weighted by molar-refractivity contribution is 7.95. The van der Waals surface area contributed by atoms with Gasteiger partial charge in [-0.3, -0.25) is 4.79 Å². The minimum absolute atomic E-state index is 0.0284. The molecule has 0 aliphatic heterocycles. The van der Waals surface area contributed by atoms with E-state index >= 15 is 0 Å². The molecular weight excluding hydrogens is 352 g/mol. The Labute approximate surface area is 152 Å². The number of benzene rings is 2. The van der Waals surface area contributed by atoms with Gasteiger partial charge >= 0.3 is 5.97 Å². The van der Waals surface area contributed by atoms with Crippen molar-refractivity contribution in [1.29, 1.82) is 0 Å². The van der Waals surface area contributed by atoms with Crippen LogP contribution >= 0.6 is 0 Å². The van der Waals surface area contributed by atoms with E-state index in [2.05, 4.69) is 0 Å². The van der Waals surface area contributed by atoms with Gasteiger partial charge in [-0.2, -0.15) is 0 Å². The molecule has 2 aromatic carbocycles. The molecule has 2 aromatic rings. The number of ether oxygens (including phenoxy) is 1. The molecule has 2 rings (SSSR count). The molecular formula is C20H18O5S. The van der Waals surface area contributed by atoms with Gasteiger partial charge in [0.25, 0.3) is 0 Å². The van der Waals surface area contributed by atoms with Crippen LogP contribution in [0.2, 0.25) is 0 Å². The molecule has 0 aromatic heterocycles. The van der Waals surface area contributed by atoms with Crippen molar-refractivity contribution in [1.82, 2.24) is 0 Å². The van der Waals surface area contributed by atoms with Gasteiger partial charge in [-0.15, -0.1) is 0 Å². The van der Waals surface area contributed by atoms with E-state index in [9.17, 15) is 18.0 Å². The number of sulfone groups is 1. The van der Waals surface area contributed by atoms with Crippen LogP contribution in [0.25, 0.3) is 0 Å². The van der Waals surface area contributed by atoms with Crippen molar-refractivity contribution in [3.63, 3.8) is 0 Å². The second-order valence-electron chi connectivity index (χ2n) is 5.18. The number of allylic oxidation sites excluding steroid dienone is 2. The topological polar surface area (TPSA) is 77.5 Å². The minimum atomic E-state index is -3.97. The molecule has 0 aliphatic rings. The van der Waals surface area contributed by atoms with E-state index < -0.39 is 21.6 Å². The maximum absolute atomic E-state index is 12.8. The van der Waals surface area contributed by atoms with Crippen molar-refractivity contribution in [2.24, 2.45) is 0 Å². The minimum Gasteiger partial charge on any atom is -0.463 e. The second-order valence-corrected chi connectivity index (χ2v) is 7.13. The quantitative estimate of drug-likeness (QED) is 0.323. The van der Waals surface area contributed by atoms with Gasteiger partial charge in [-0.25, -0.2) is 13.2 Å². The van der Waals surface area contributed by atoms with Crippen LogP contribution in [0.5, 0.6) is 0 Å². The first-order valence-electron chi connectivity index (χ1n) is 7.91. The Balaban J connectivity index is 2.47. The Hall–Kier alpha value is -2.99. The van der Waals surface area contributed by atoms with E-state index in [1.165, 1.54) is 12.1 Å². The predicted molar refractivity (Wildman–Crippen MR) is 98.3 cm³/mol. The number of rotatable bonds is 7. The van der Waals surface area contributed by atoms with Crippen molar-refractivity contribution >= 4 is 21.6 Å². The Bertz CT molecular complexity index is 927. The molecule has 0 aliphatic carbocycles. The molecule has 0 atom stereocenters. The van der Waals surface area contributed by atoms with E-state index in [4.69, 9.17) is 4.74 Å². The summed E-state index contributed by atoms with van der Waals surface area (Å²) in [5.74, 6) is -1.16. The van der Waals surface area contributed by atoms with Crippen molar-refractivity contribution in [2.75, 3.05) is 6.61 Å². The van der Waals surface area contributed by atoms with Crippen LogP contribution < -0.4 is 0 Å². The molecule has 5 nitrogen and oxygen atoms in total. The van der Waals surface area contributed by atoms with Crippen LogP contribution in [0.4, 0.5) is 0 Å². The molecule has 0 saturated carbocycles. The molecule has 0 N–H and O–H groups in total. The van der Waals surface area contributed by atoms with Gasteiger partial charge in [0.2, 0.25) is 9.84 Å². The Morgan fingerprint density at radius 1 is 0.923 bits per heavy atom. The first kappa shape index (κ1) is 19.3. The first-order chi connectivity index (χ1) is 12.4. The fourth-order valence-corrected chi connectivity index (χ4v) is 3.40. The van der Waals surface area contributed by atoms with Gasteiger partial charge in [0.15, 0.2) is 5.78 Å². The van der Waals surface area contributed by atoms with Gasteiger partial charge < -0.3 is 4.74 Å². The fraction of sp³-hybridized carbons (Fsp3) is 0.100. The monoisotopic (exact) mass is 370 g/mol. The molecule has 0 fully saturated rings. The maximum Gasteiger partial charge on any atom is 0.330 e. The molecule has 0 radical (unpaired) electrons. The van der Waals surface area contributed by atoms with Crippen LogP contribution in [-0.2, 0) is 19.4 Å². The summed E-state index contributed by atoms with van der Waals surface area (Å²) in [6.45, 7) is 1.80. The van der Waals surface area contributed by atoms with E-state index in [0.29, 0.717) is 5.56 Å². The van der Waals surface area contributed by atoms with Gasteiger partial charge in [0, 0.05) is 17.7 Å². The normalized spacial score (nSPS) is 12.1. The maximum atomic E-state index is 12.8. The Kier molecular flexibility index (Phi) is 6.63. The highest BCUT2D eigenvalue weighted by Crippen LogP contribution is 2.21. The summed E-state index contributed by atoms with van der Waals surface area (Å²) in [6, 6.07) is 16.0. The summed E-state index contributed by atoms with van der Waals surface area (Å²) >= 11 is 0. The summed E-state index contributed by atoms with van der Waals surface area (Å²) in [6.07, 6.45) is 3.09. The Morgan fingerprint density at radius 2 is 1.50 bits per heavy atom. The van der Waals surface area contributed by atoms with Crippen molar-refractivity contribution < 1.29 is 22.7 Å². The summed E-state index contributed by atoms with van der Waals surface area (Å²) in [7, 11) is -3.97. The van der Waals surface area contributed by atoms with Crippen molar-refractivity contribution in [3.05, 3.63) is 89.4 Å². The SMILES string of the molecule is CCOC(=O)/C=C/C(=C\C(=O)c1ccccc1)S(=O)(=O)c1ccccc1. The first-order valence-corrected chi connectivity index (χ1v) is 9.39. The lowest BCUT2D eigenvalue weighted by Gasteiger charge is -2.06. The van der Waals surface area contributed by atoms with Gasteiger partial charge in [-0.1, -0.05) is 48.5 Å². The lowest BCUT2D eigenvalue weighted by Crippen LogP contribution is -2.07.